The summed E-state index contributed by atoms with van der Waals surface area (Å²) in [5, 5.41) is 1.97. The van der Waals surface area contributed by atoms with Gasteiger partial charge in [0.25, 0.3) is 11.8 Å². The lowest BCUT2D eigenvalue weighted by atomic mass is 10.1. The van der Waals surface area contributed by atoms with Gasteiger partial charge in [-0.15, -0.1) is 0 Å². The second-order valence-corrected chi connectivity index (χ2v) is 7.85. The number of anilines is 1. The maximum atomic E-state index is 12.7. The van der Waals surface area contributed by atoms with Gasteiger partial charge in [-0.25, -0.2) is 0 Å². The quantitative estimate of drug-likeness (QED) is 0.371. The molecule has 0 saturated heterocycles. The van der Waals surface area contributed by atoms with E-state index < -0.39 is 24.3 Å². The van der Waals surface area contributed by atoms with Crippen LogP contribution < -0.4 is 14.8 Å². The third-order valence-electron chi connectivity index (χ3n) is 4.22. The summed E-state index contributed by atoms with van der Waals surface area (Å²) in [6, 6.07) is 2.95. The van der Waals surface area contributed by atoms with Crippen LogP contribution in [0, 0.1) is 0 Å². The maximum absolute atomic E-state index is 12.7. The molecule has 1 N–H and O–H groups in total. The number of carbonyl (C=O) groups excluding carboxylic acids is 3. The van der Waals surface area contributed by atoms with Crippen molar-refractivity contribution >= 4 is 81.4 Å². The van der Waals surface area contributed by atoms with E-state index in [1.807, 2.05) is 0 Å². The van der Waals surface area contributed by atoms with Gasteiger partial charge in [0.2, 0.25) is 12.7 Å². The lowest BCUT2D eigenvalue weighted by Gasteiger charge is -2.14. The molecule has 0 radical (unpaired) electrons. The molecule has 7 nitrogen and oxygen atoms in total. The molecular weight excluding hydrogens is 489 g/mol. The normalized spacial score (nSPS) is 14.4. The van der Waals surface area contributed by atoms with E-state index in [1.165, 1.54) is 12.1 Å². The maximum Gasteiger partial charge on any atom is 0.263 e. The first-order chi connectivity index (χ1) is 13.7. The van der Waals surface area contributed by atoms with Crippen LogP contribution in [0.3, 0.4) is 0 Å². The molecule has 0 atom stereocenters. The van der Waals surface area contributed by atoms with Gasteiger partial charge in [-0.3, -0.25) is 19.3 Å². The molecule has 0 bridgehead atoms. The van der Waals surface area contributed by atoms with Crippen LogP contribution in [0.5, 0.6) is 11.5 Å². The molecule has 150 valence electrons. The molecule has 0 fully saturated rings. The van der Waals surface area contributed by atoms with E-state index in [9.17, 15) is 14.4 Å². The molecule has 0 saturated carbocycles. The fraction of sp³-hybridized carbons (Fsp3) is 0.118. The van der Waals surface area contributed by atoms with E-state index in [1.54, 1.807) is 0 Å². The topological polar surface area (TPSA) is 84.9 Å². The molecule has 2 heterocycles. The highest BCUT2D eigenvalue weighted by Gasteiger charge is 2.42. The van der Waals surface area contributed by atoms with Gasteiger partial charge in [0, 0.05) is 12.1 Å². The van der Waals surface area contributed by atoms with Gasteiger partial charge in [0.15, 0.2) is 11.5 Å². The Kier molecular flexibility index (Phi) is 5.21. The monoisotopic (exact) mass is 494 g/mol. The number of hydrogen-bond acceptors (Lipinski definition) is 5. The zero-order valence-corrected chi connectivity index (χ0v) is 17.7. The largest absolute Gasteiger partial charge is 0.454 e. The first kappa shape index (κ1) is 20.4. The Balaban J connectivity index is 1.58. The molecular formula is C17H7Cl5N2O5. The Morgan fingerprint density at radius 3 is 1.97 bits per heavy atom. The second kappa shape index (κ2) is 7.41. The Morgan fingerprint density at radius 1 is 0.897 bits per heavy atom. The highest BCUT2D eigenvalue weighted by molar-refractivity contribution is 6.55. The average molecular weight is 497 g/mol. The summed E-state index contributed by atoms with van der Waals surface area (Å²) in [4.78, 5) is 38.5. The summed E-state index contributed by atoms with van der Waals surface area (Å²) >= 11 is 30.2. The smallest absolute Gasteiger partial charge is 0.263 e. The number of benzene rings is 2. The minimum atomic E-state index is -0.817. The Morgan fingerprint density at radius 2 is 1.41 bits per heavy atom. The number of nitrogens with zero attached hydrogens (tertiary/aromatic N) is 1. The number of fused-ring (bicyclic) bond motifs is 2. The molecule has 0 spiro atoms. The van der Waals surface area contributed by atoms with E-state index in [0.29, 0.717) is 16.4 Å². The van der Waals surface area contributed by atoms with E-state index >= 15 is 0 Å². The van der Waals surface area contributed by atoms with Crippen molar-refractivity contribution in [3.8, 4) is 11.5 Å². The number of halogens is 5. The van der Waals surface area contributed by atoms with Gasteiger partial charge >= 0.3 is 0 Å². The van der Waals surface area contributed by atoms with Crippen molar-refractivity contribution in [3.63, 3.8) is 0 Å². The average Bonchev–Trinajstić information content (AvgIpc) is 3.22. The van der Waals surface area contributed by atoms with E-state index in [2.05, 4.69) is 5.32 Å². The van der Waals surface area contributed by atoms with Crippen molar-refractivity contribution < 1.29 is 23.9 Å². The SMILES string of the molecule is O=C(CN1C(=O)c2c(Cl)c(Cl)c(Cl)c(Cl)c2C1=O)Nc1cc2c(cc1Cl)OCO2. The molecule has 3 amide bonds. The molecule has 2 aliphatic heterocycles. The predicted octanol–water partition coefficient (Wildman–Crippen LogP) is 4.92. The lowest BCUT2D eigenvalue weighted by Crippen LogP contribution is -2.37. The molecule has 0 aromatic heterocycles. The third kappa shape index (κ3) is 3.27. The van der Waals surface area contributed by atoms with Crippen LogP contribution in [-0.2, 0) is 4.79 Å². The van der Waals surface area contributed by atoms with Crippen LogP contribution in [0.2, 0.25) is 25.1 Å². The van der Waals surface area contributed by atoms with E-state index in [4.69, 9.17) is 67.5 Å². The molecule has 0 unspecified atom stereocenters. The van der Waals surface area contributed by atoms with E-state index in [-0.39, 0.29) is 48.7 Å². The summed E-state index contributed by atoms with van der Waals surface area (Å²) in [5.41, 5.74) is -0.186. The van der Waals surface area contributed by atoms with Crippen molar-refractivity contribution in [3.05, 3.63) is 48.4 Å². The number of nitrogens with one attached hydrogen (secondary N) is 1. The molecule has 2 aromatic carbocycles. The van der Waals surface area contributed by atoms with Crippen molar-refractivity contribution in [2.45, 2.75) is 0 Å². The van der Waals surface area contributed by atoms with Crippen LogP contribution in [-0.4, -0.2) is 36.0 Å². The van der Waals surface area contributed by atoms with Crippen LogP contribution >= 0.6 is 58.0 Å². The fourth-order valence-electron chi connectivity index (χ4n) is 2.89. The number of imide groups is 1. The van der Waals surface area contributed by atoms with Gasteiger partial charge in [0.1, 0.15) is 6.54 Å². The van der Waals surface area contributed by atoms with Gasteiger partial charge in [-0.05, 0) is 0 Å². The van der Waals surface area contributed by atoms with Crippen LogP contribution in [0.1, 0.15) is 20.7 Å². The van der Waals surface area contributed by atoms with Crippen LogP contribution in [0.25, 0.3) is 0 Å². The van der Waals surface area contributed by atoms with Crippen molar-refractivity contribution in [2.75, 3.05) is 18.7 Å². The van der Waals surface area contributed by atoms with E-state index in [0.717, 1.165) is 0 Å². The number of amides is 3. The van der Waals surface area contributed by atoms with Gasteiger partial charge in [0.05, 0.1) is 41.9 Å². The highest BCUT2D eigenvalue weighted by atomic mass is 35.5. The summed E-state index contributed by atoms with van der Waals surface area (Å²) in [5.74, 6) is -1.49. The van der Waals surface area contributed by atoms with Crippen LogP contribution in [0.4, 0.5) is 5.69 Å². The Bertz CT molecular complexity index is 1070. The highest BCUT2D eigenvalue weighted by Crippen LogP contribution is 2.45. The first-order valence-electron chi connectivity index (χ1n) is 7.81. The van der Waals surface area contributed by atoms with Crippen molar-refractivity contribution in [2.24, 2.45) is 0 Å². The fourth-order valence-corrected chi connectivity index (χ4v) is 4.10. The number of ether oxygens (including phenoxy) is 2. The standard InChI is InChI=1S/C17H7Cl5N2O5/c18-5-1-7-8(29-4-28-7)2-6(5)23-9(25)3-24-16(26)10-11(17(24)27)13(20)15(22)14(21)12(10)19/h1-2H,3-4H2,(H,23,25). The minimum absolute atomic E-state index is 0.0325. The number of rotatable bonds is 3. The zero-order chi connectivity index (χ0) is 21.0. The molecule has 2 aliphatic rings. The summed E-state index contributed by atoms with van der Waals surface area (Å²) in [6.07, 6.45) is 0. The Labute approximate surface area is 188 Å². The van der Waals surface area contributed by atoms with Crippen molar-refractivity contribution in [1.82, 2.24) is 4.90 Å². The van der Waals surface area contributed by atoms with Gasteiger partial charge in [-0.2, -0.15) is 0 Å². The molecule has 2 aromatic rings. The molecule has 29 heavy (non-hydrogen) atoms. The number of carbonyl (C=O) groups is 3. The third-order valence-corrected chi connectivity index (χ3v) is 6.34. The number of hydrogen-bond donors (Lipinski definition) is 1. The van der Waals surface area contributed by atoms with Gasteiger partial charge in [-0.1, -0.05) is 58.0 Å². The van der Waals surface area contributed by atoms with Crippen molar-refractivity contribution in [1.29, 1.82) is 0 Å². The summed E-state index contributed by atoms with van der Waals surface area (Å²) in [7, 11) is 0. The van der Waals surface area contributed by atoms with Gasteiger partial charge < -0.3 is 14.8 Å². The summed E-state index contributed by atoms with van der Waals surface area (Å²) < 4.78 is 10.4. The van der Waals surface area contributed by atoms with Crippen LogP contribution in [0.15, 0.2) is 12.1 Å². The first-order valence-corrected chi connectivity index (χ1v) is 9.70. The second-order valence-electron chi connectivity index (χ2n) is 5.94. The Hall–Kier alpha value is -1.90. The zero-order valence-electron chi connectivity index (χ0n) is 13.9. The summed E-state index contributed by atoms with van der Waals surface area (Å²) in [6.45, 7) is -0.580. The molecule has 12 heteroatoms. The predicted molar refractivity (Wildman–Crippen MR) is 108 cm³/mol. The minimum Gasteiger partial charge on any atom is -0.454 e. The lowest BCUT2D eigenvalue weighted by molar-refractivity contribution is -0.116. The molecule has 4 rings (SSSR count). The molecule has 0 aliphatic carbocycles.